The fourth-order valence-electron chi connectivity index (χ4n) is 3.57. The van der Waals surface area contributed by atoms with Crippen molar-refractivity contribution in [2.75, 3.05) is 13.1 Å². The Labute approximate surface area is 161 Å². The number of imidazole rings is 1. The third-order valence-electron chi connectivity index (χ3n) is 5.23. The van der Waals surface area contributed by atoms with E-state index in [-0.39, 0.29) is 23.6 Å². The third-order valence-corrected chi connectivity index (χ3v) is 5.23. The Morgan fingerprint density at radius 3 is 2.54 bits per heavy atom. The summed E-state index contributed by atoms with van der Waals surface area (Å²) >= 11 is 0. The van der Waals surface area contributed by atoms with Crippen LogP contribution in [0.2, 0.25) is 0 Å². The second-order valence-corrected chi connectivity index (χ2v) is 6.94. The van der Waals surface area contributed by atoms with Crippen LogP contribution in [0.3, 0.4) is 0 Å². The third kappa shape index (κ3) is 2.96. The summed E-state index contributed by atoms with van der Waals surface area (Å²) in [6.45, 7) is 1.17. The van der Waals surface area contributed by atoms with Gasteiger partial charge in [-0.25, -0.2) is 9.78 Å². The van der Waals surface area contributed by atoms with Gasteiger partial charge < -0.3 is 9.47 Å². The van der Waals surface area contributed by atoms with Gasteiger partial charge in [0.1, 0.15) is 6.54 Å². The first kappa shape index (κ1) is 18.0. The molecule has 1 aliphatic heterocycles. The first-order valence-corrected chi connectivity index (χ1v) is 9.10. The number of benzene rings is 1. The maximum atomic E-state index is 12.8. The predicted octanol–water partition coefficient (Wildman–Crippen LogP) is 0.750. The second-order valence-electron chi connectivity index (χ2n) is 6.94. The van der Waals surface area contributed by atoms with E-state index in [0.717, 1.165) is 11.0 Å². The molecule has 1 amide bonds. The number of nitrogens with zero attached hydrogens (tertiary/aromatic N) is 5. The van der Waals surface area contributed by atoms with Crippen LogP contribution in [0.25, 0.3) is 16.7 Å². The molecule has 4 rings (SSSR count). The fourth-order valence-corrected chi connectivity index (χ4v) is 3.57. The summed E-state index contributed by atoms with van der Waals surface area (Å²) in [5.41, 5.74) is 2.07. The molecule has 0 radical (unpaired) electrons. The van der Waals surface area contributed by atoms with Gasteiger partial charge in [0.05, 0.1) is 6.33 Å². The monoisotopic (exact) mass is 379 g/mol. The van der Waals surface area contributed by atoms with Crippen molar-refractivity contribution in [2.24, 2.45) is 14.1 Å². The summed E-state index contributed by atoms with van der Waals surface area (Å²) in [5, 5.41) is 0. The number of fused-ring (bicyclic) bond motifs is 1. The van der Waals surface area contributed by atoms with E-state index in [9.17, 15) is 14.4 Å². The zero-order valence-electron chi connectivity index (χ0n) is 15.8. The van der Waals surface area contributed by atoms with Gasteiger partial charge in [0, 0.05) is 27.2 Å². The normalized spacial score (nSPS) is 14.4. The van der Waals surface area contributed by atoms with Gasteiger partial charge in [-0.3, -0.25) is 18.7 Å². The van der Waals surface area contributed by atoms with Gasteiger partial charge in [-0.05, 0) is 17.6 Å². The Kier molecular flexibility index (Phi) is 4.46. The van der Waals surface area contributed by atoms with Gasteiger partial charge in [-0.2, -0.15) is 0 Å². The van der Waals surface area contributed by atoms with E-state index < -0.39 is 11.2 Å². The van der Waals surface area contributed by atoms with E-state index in [1.165, 1.54) is 33.6 Å². The second kappa shape index (κ2) is 6.95. The van der Waals surface area contributed by atoms with Crippen molar-refractivity contribution in [1.82, 2.24) is 23.6 Å². The molecule has 0 aliphatic carbocycles. The molecule has 0 unspecified atom stereocenters. The summed E-state index contributed by atoms with van der Waals surface area (Å²) in [5.74, 6) is -0.0847. The van der Waals surface area contributed by atoms with Crippen molar-refractivity contribution in [3.63, 3.8) is 0 Å². The number of aromatic nitrogens is 4. The Morgan fingerprint density at radius 2 is 1.86 bits per heavy atom. The van der Waals surface area contributed by atoms with E-state index in [1.807, 2.05) is 18.2 Å². The van der Waals surface area contributed by atoms with Crippen molar-refractivity contribution in [2.45, 2.75) is 13.0 Å². The van der Waals surface area contributed by atoms with E-state index >= 15 is 0 Å². The van der Waals surface area contributed by atoms with Crippen LogP contribution in [-0.2, 0) is 25.4 Å². The maximum absolute atomic E-state index is 12.8. The van der Waals surface area contributed by atoms with Crippen LogP contribution in [0.1, 0.15) is 12.0 Å². The molecule has 3 aromatic rings. The average molecular weight is 379 g/mol. The van der Waals surface area contributed by atoms with Crippen molar-refractivity contribution in [1.29, 1.82) is 0 Å². The quantitative estimate of drug-likeness (QED) is 0.672. The summed E-state index contributed by atoms with van der Waals surface area (Å²) < 4.78 is 3.87. The van der Waals surface area contributed by atoms with E-state index in [0.29, 0.717) is 13.1 Å². The molecule has 0 atom stereocenters. The zero-order chi connectivity index (χ0) is 19.8. The predicted molar refractivity (Wildman–Crippen MR) is 106 cm³/mol. The van der Waals surface area contributed by atoms with Crippen LogP contribution >= 0.6 is 0 Å². The van der Waals surface area contributed by atoms with Gasteiger partial charge >= 0.3 is 5.69 Å². The van der Waals surface area contributed by atoms with Gasteiger partial charge in [0.15, 0.2) is 11.2 Å². The standard InChI is InChI=1S/C20H21N5O3/c1-22-18-17(19(27)23(2)20(22)28)25(13-21-18)12-16(26)24-10-8-15(9-11-24)14-6-4-3-5-7-14/h3-8,13H,9-12H2,1-2H3. The van der Waals surface area contributed by atoms with Crippen LogP contribution in [0.5, 0.6) is 0 Å². The van der Waals surface area contributed by atoms with Gasteiger partial charge in [0.25, 0.3) is 5.56 Å². The Bertz CT molecular complexity index is 1200. The molecule has 0 fully saturated rings. The maximum Gasteiger partial charge on any atom is 0.332 e. The summed E-state index contributed by atoms with van der Waals surface area (Å²) in [6.07, 6.45) is 4.31. The molecular formula is C20H21N5O3. The Hall–Kier alpha value is -3.42. The molecule has 1 aliphatic rings. The Morgan fingerprint density at radius 1 is 1.11 bits per heavy atom. The van der Waals surface area contributed by atoms with Crippen LogP contribution in [-0.4, -0.2) is 42.6 Å². The van der Waals surface area contributed by atoms with E-state index in [1.54, 1.807) is 11.9 Å². The number of amides is 1. The average Bonchev–Trinajstić information content (AvgIpc) is 3.15. The molecule has 28 heavy (non-hydrogen) atoms. The molecule has 0 spiro atoms. The molecule has 144 valence electrons. The zero-order valence-corrected chi connectivity index (χ0v) is 15.8. The van der Waals surface area contributed by atoms with Crippen molar-refractivity contribution in [3.05, 3.63) is 69.1 Å². The largest absolute Gasteiger partial charge is 0.337 e. The van der Waals surface area contributed by atoms with Crippen LogP contribution in [0.15, 0.2) is 52.3 Å². The lowest BCUT2D eigenvalue weighted by Crippen LogP contribution is -2.39. The first-order valence-electron chi connectivity index (χ1n) is 9.10. The fraction of sp³-hybridized carbons (Fsp3) is 0.300. The minimum Gasteiger partial charge on any atom is -0.337 e. The topological polar surface area (TPSA) is 82.1 Å². The summed E-state index contributed by atoms with van der Waals surface area (Å²) in [7, 11) is 2.98. The lowest BCUT2D eigenvalue weighted by molar-refractivity contribution is -0.131. The molecule has 2 aromatic heterocycles. The number of aryl methyl sites for hydroxylation is 1. The summed E-state index contributed by atoms with van der Waals surface area (Å²) in [6, 6.07) is 10.1. The highest BCUT2D eigenvalue weighted by atomic mass is 16.2. The van der Waals surface area contributed by atoms with Crippen LogP contribution in [0, 0.1) is 0 Å². The molecule has 1 aromatic carbocycles. The Balaban J connectivity index is 1.56. The summed E-state index contributed by atoms with van der Waals surface area (Å²) in [4.78, 5) is 43.2. The number of hydrogen-bond acceptors (Lipinski definition) is 4. The highest BCUT2D eigenvalue weighted by Gasteiger charge is 2.21. The number of hydrogen-bond donors (Lipinski definition) is 0. The van der Waals surface area contributed by atoms with Gasteiger partial charge in [0.2, 0.25) is 5.91 Å². The highest BCUT2D eigenvalue weighted by molar-refractivity contribution is 5.80. The smallest absolute Gasteiger partial charge is 0.332 e. The molecule has 0 saturated heterocycles. The van der Waals surface area contributed by atoms with E-state index in [2.05, 4.69) is 23.2 Å². The number of rotatable bonds is 3. The molecular weight excluding hydrogens is 358 g/mol. The van der Waals surface area contributed by atoms with Gasteiger partial charge in [-0.1, -0.05) is 36.4 Å². The lowest BCUT2D eigenvalue weighted by Gasteiger charge is -2.27. The number of carbonyl (C=O) groups is 1. The molecule has 0 N–H and O–H groups in total. The highest BCUT2D eigenvalue weighted by Crippen LogP contribution is 2.22. The van der Waals surface area contributed by atoms with E-state index in [4.69, 9.17) is 0 Å². The van der Waals surface area contributed by atoms with Crippen LogP contribution in [0.4, 0.5) is 0 Å². The van der Waals surface area contributed by atoms with Crippen molar-refractivity contribution >= 4 is 22.6 Å². The molecule has 8 nitrogen and oxygen atoms in total. The molecule has 3 heterocycles. The molecule has 8 heteroatoms. The minimum atomic E-state index is -0.451. The lowest BCUT2D eigenvalue weighted by atomic mass is 9.99. The SMILES string of the molecule is Cn1c(=O)c2c(ncn2CC(=O)N2CC=C(c3ccccc3)CC2)n(C)c1=O. The minimum absolute atomic E-state index is 0.0124. The van der Waals surface area contributed by atoms with Crippen LogP contribution < -0.4 is 11.2 Å². The molecule has 0 bridgehead atoms. The number of carbonyl (C=O) groups excluding carboxylic acids is 1. The van der Waals surface area contributed by atoms with Gasteiger partial charge in [-0.15, -0.1) is 0 Å². The van der Waals surface area contributed by atoms with Crippen molar-refractivity contribution in [3.8, 4) is 0 Å². The van der Waals surface area contributed by atoms with Crippen molar-refractivity contribution < 1.29 is 4.79 Å². The molecule has 0 saturated carbocycles. The first-order chi connectivity index (χ1) is 13.5.